The summed E-state index contributed by atoms with van der Waals surface area (Å²) < 4.78 is 38.5. The number of carbonyl (C=O) groups is 4. The quantitative estimate of drug-likeness (QED) is 0.00797. The van der Waals surface area contributed by atoms with Gasteiger partial charge in [-0.3, -0.25) is 23.4 Å². The van der Waals surface area contributed by atoms with Crippen LogP contribution in [-0.4, -0.2) is 85.3 Å². The van der Waals surface area contributed by atoms with Gasteiger partial charge in [0.1, 0.15) is 31.1 Å². The molecule has 1 unspecified atom stereocenters. The first-order chi connectivity index (χ1) is 56.6. The summed E-state index contributed by atoms with van der Waals surface area (Å²) in [6, 6.07) is 5.48. The average Bonchev–Trinajstić information content (AvgIpc) is 0.905. The maximum atomic E-state index is 12.9. The fraction of sp³-hybridized carbons (Fsp3) is 0.796. The van der Waals surface area contributed by atoms with Crippen LogP contribution < -0.4 is 10.6 Å². The summed E-state index contributed by atoms with van der Waals surface area (Å²) in [6.07, 6.45) is 37.1. The predicted octanol–water partition coefficient (Wildman–Crippen LogP) is 11.7. The van der Waals surface area contributed by atoms with Gasteiger partial charge in [-0.05, 0) is 76.1 Å². The van der Waals surface area contributed by atoms with Crippen LogP contribution in [0, 0.1) is 0 Å². The average molecular weight is 1760 g/mol. The molecule has 1 aromatic rings. The van der Waals surface area contributed by atoms with Crippen molar-refractivity contribution in [1.82, 2.24) is 15.6 Å². The van der Waals surface area contributed by atoms with Gasteiger partial charge < -0.3 is 34.6 Å². The fourth-order valence-electron chi connectivity index (χ4n) is 8.05. The van der Waals surface area contributed by atoms with Gasteiger partial charge in [0.2, 0.25) is 5.91 Å². The van der Waals surface area contributed by atoms with Crippen molar-refractivity contribution in [2.45, 2.75) is 237 Å². The smallest absolute Gasteiger partial charge is 0.462 e. The Balaban J connectivity index is 1.92. The molecule has 115 heavy (non-hydrogen) atoms. The zero-order valence-corrected chi connectivity index (χ0v) is 64.6. The van der Waals surface area contributed by atoms with Crippen molar-refractivity contribution in [2.75, 3.05) is 45.3 Å². The molecule has 0 aliphatic heterocycles. The van der Waals surface area contributed by atoms with Crippen LogP contribution >= 0.6 is 29.4 Å². The van der Waals surface area contributed by atoms with Gasteiger partial charge in [0.15, 0.2) is 6.10 Å². The number of alkyl carbamates (subject to hydrolysis) is 1. The summed E-state index contributed by atoms with van der Waals surface area (Å²) in [5.41, 5.74) is 0. The molecule has 0 fully saturated rings. The van der Waals surface area contributed by atoms with Crippen LogP contribution in [0.25, 0.3) is 0 Å². The molecule has 674 valence electrons. The van der Waals surface area contributed by atoms with E-state index < -0.39 is 65.0 Å². The van der Waals surface area contributed by atoms with Gasteiger partial charge in [0.25, 0.3) is 0 Å². The summed E-state index contributed by atoms with van der Waals surface area (Å²) >= 11 is 0. The highest BCUT2D eigenvalue weighted by molar-refractivity contribution is 8.76. The minimum absolute atomic E-state index is 0.107. The molecule has 0 saturated heterocycles. The van der Waals surface area contributed by atoms with Gasteiger partial charge in [-0.25, -0.2) is 19.2 Å². The number of pyridine rings is 1. The van der Waals surface area contributed by atoms with Crippen molar-refractivity contribution in [3.8, 4) is 0 Å². The number of esters is 2. The molecule has 58 nitrogen and oxygen atoms in total. The van der Waals surface area contributed by atoms with Crippen LogP contribution in [0.1, 0.15) is 226 Å². The number of aromatic nitrogens is 1. The summed E-state index contributed by atoms with van der Waals surface area (Å²) in [6.45, 7) is 1.69. The van der Waals surface area contributed by atoms with E-state index in [0.717, 1.165) is 62.4 Å². The fourth-order valence-corrected chi connectivity index (χ4v) is 10.7. The summed E-state index contributed by atoms with van der Waals surface area (Å²) in [7, 11) is -1.90. The van der Waals surface area contributed by atoms with Crippen LogP contribution in [0.3, 0.4) is 0 Å². The zero-order chi connectivity index (χ0) is 82.7. The molecule has 0 aliphatic rings. The number of nitrogens with one attached hydrogen (secondary N) is 2. The largest absolute Gasteiger partial charge is 0.472 e. The lowest BCUT2D eigenvalue weighted by molar-refractivity contribution is -0.909. The minimum Gasteiger partial charge on any atom is -0.462 e. The van der Waals surface area contributed by atoms with E-state index in [1.54, 1.807) is 12.3 Å². The second-order valence-corrected chi connectivity index (χ2v) is 25.2. The van der Waals surface area contributed by atoms with Crippen LogP contribution in [0.15, 0.2) is 41.9 Å². The lowest BCUT2D eigenvalue weighted by Gasteiger charge is -2.20. The Morgan fingerprint density at radius 1 is 0.409 bits per heavy atom. The van der Waals surface area contributed by atoms with Crippen LogP contribution in [0.4, 0.5) is 4.79 Å². The zero-order valence-electron chi connectivity index (χ0n) is 62.0. The molecule has 61 heteroatoms. The number of hydrogen-bond donors (Lipinski definition) is 3. The van der Waals surface area contributed by atoms with Crippen molar-refractivity contribution in [2.24, 2.45) is 0 Å². The molecule has 1 heterocycles. The first kappa shape index (κ1) is 108. The first-order valence-electron chi connectivity index (χ1n) is 35.0. The Kier molecular flexibility index (Phi) is 85.1. The molecule has 0 spiro atoms. The molecule has 1 aromatic heterocycles. The Morgan fingerprint density at radius 2 is 0.765 bits per heavy atom. The van der Waals surface area contributed by atoms with Gasteiger partial charge in [-0.2, -0.15) is 0 Å². The summed E-state index contributed by atoms with van der Waals surface area (Å²) in [4.78, 5) is 72.4. The van der Waals surface area contributed by atoms with Crippen LogP contribution in [-0.2, 0) is 264 Å². The van der Waals surface area contributed by atoms with Gasteiger partial charge in [-0.15, -0.1) is 0 Å². The number of hydrogen-bond acceptors (Lipinski definition) is 57. The monoisotopic (exact) mass is 1760 g/mol. The first-order valence-corrected chi connectivity index (χ1v) is 38.8. The van der Waals surface area contributed by atoms with E-state index >= 15 is 0 Å². The number of unbranched alkanes of at least 4 members (excludes halogenated alkanes) is 28. The Morgan fingerprint density at radius 3 is 1.14 bits per heavy atom. The molecule has 2 amide bonds. The van der Waals surface area contributed by atoms with E-state index in [1.807, 2.05) is 12.1 Å². The minimum atomic E-state index is -4.77. The van der Waals surface area contributed by atoms with E-state index in [0.29, 0.717) is 18.6 Å². The van der Waals surface area contributed by atoms with Crippen molar-refractivity contribution in [3.05, 3.63) is 36.9 Å². The number of rotatable bonds is 95. The molecule has 2 atom stereocenters. The number of ether oxygens (including phenoxy) is 3. The number of carbonyl (C=O) groups excluding carboxylic acids is 4. The van der Waals surface area contributed by atoms with Crippen molar-refractivity contribution in [3.63, 3.8) is 0 Å². The van der Waals surface area contributed by atoms with E-state index in [9.17, 15) is 28.6 Å². The third-order valence-corrected chi connectivity index (χ3v) is 16.2. The van der Waals surface area contributed by atoms with Gasteiger partial charge in [0.05, 0.1) is 13.2 Å². The molecule has 0 radical (unpaired) electrons. The maximum Gasteiger partial charge on any atom is 0.472 e. The standard InChI is InChI=1S/C54H96N3O55PS2/c1-3-5-7-9-11-13-15-17-19-21-23-25-27-29-31-36-52(59)65-47-49(70-53(60)37-32-30-28-26-24-22-20-18-16-14-12-10-8-6-4-2)48-69-113(62,63)68-43-41-57-54(61)64-44-45-67-72-74-76-78-80-82-84-86-88-90-92-94-96-98-100-102-104-106-108-110-112-111-109-107-105-103-101-99-97-95-93-91-89-87-85-83-81-79-77-75-73-71-66-42-40-55-50(58)38-46-114-115-51-35-33-34-39-56-51/h33-35,39-40,42,49H,3-32,36-38,41,43-48H2,1-2H3,(H,55,58)(H,57,61)(H,62,63)/b42-40+/t49-/m1/s1. The molecular weight excluding hydrogens is 1670 g/mol. The van der Waals surface area contributed by atoms with Gasteiger partial charge in [0, 0.05) is 215 Å². The Bertz CT molecular complexity index is 2330. The lowest BCUT2D eigenvalue weighted by Crippen LogP contribution is -2.30. The number of phosphoric acid groups is 1. The second-order valence-electron chi connectivity index (χ2n) is 21.3. The van der Waals surface area contributed by atoms with E-state index in [4.69, 9.17) is 23.3 Å². The van der Waals surface area contributed by atoms with Crippen LogP contribution in [0.5, 0.6) is 0 Å². The maximum absolute atomic E-state index is 12.9. The van der Waals surface area contributed by atoms with E-state index in [1.165, 1.54) is 156 Å². The normalized spacial score (nSPS) is 12.4. The summed E-state index contributed by atoms with van der Waals surface area (Å²) in [5, 5.41) is 158. The Labute approximate surface area is 659 Å². The molecule has 1 rings (SSSR count). The highest BCUT2D eigenvalue weighted by Gasteiger charge is 2.27. The van der Waals surface area contributed by atoms with Crippen LogP contribution in [0.2, 0.25) is 0 Å². The van der Waals surface area contributed by atoms with Gasteiger partial charge in [-0.1, -0.05) is 210 Å². The van der Waals surface area contributed by atoms with Crippen molar-refractivity contribution in [1.29, 1.82) is 0 Å². The molecular formula is C54H96N3O55PS2. The van der Waals surface area contributed by atoms with E-state index in [-0.39, 0.29) is 31.7 Å². The van der Waals surface area contributed by atoms with Gasteiger partial charge >= 0.3 is 25.9 Å². The molecule has 0 saturated carbocycles. The topological polar surface area (TPSA) is 595 Å². The predicted molar refractivity (Wildman–Crippen MR) is 338 cm³/mol. The second kappa shape index (κ2) is 90.2. The lowest BCUT2D eigenvalue weighted by atomic mass is 10.0. The Hall–Kier alpha value is -4.54. The highest BCUT2D eigenvalue weighted by Crippen LogP contribution is 2.43. The van der Waals surface area contributed by atoms with Crippen molar-refractivity contribution < 1.29 is 273 Å². The molecule has 0 bridgehead atoms. The number of phosphoric ester groups is 1. The number of nitrogens with zero attached hydrogens (tertiary/aromatic N) is 1. The van der Waals surface area contributed by atoms with E-state index in [2.05, 4.69) is 251 Å². The van der Waals surface area contributed by atoms with Crippen molar-refractivity contribution >= 4 is 53.3 Å². The third-order valence-electron chi connectivity index (χ3n) is 12.9. The third kappa shape index (κ3) is 87.1. The molecule has 0 aliphatic carbocycles. The molecule has 0 aromatic carbocycles. The molecule has 3 N–H and O–H groups in total. The SMILES string of the molecule is CCCCCCCCCCCCCCCCCC(=O)OC[C@H](COP(=O)(O)OCCNC(=O)OCCOOOOOOOOOOOOOOOOOOOOOOOOOOOOOOOOOOOOOOOOOOOO/C=C/NC(=O)CCSSc1ccccn1)OC(=O)CCCCCCCCCCCCCCCCC. The summed E-state index contributed by atoms with van der Waals surface area (Å²) in [5.74, 6) is -0.862. The number of amides is 2. The highest BCUT2D eigenvalue weighted by atomic mass is 33.1.